The van der Waals surface area contributed by atoms with Gasteiger partial charge in [-0.15, -0.1) is 0 Å². The Morgan fingerprint density at radius 2 is 1.76 bits per heavy atom. The van der Waals surface area contributed by atoms with Gasteiger partial charge in [0.2, 0.25) is 5.91 Å². The number of carbonyl (C=O) groups is 3. The predicted octanol–water partition coefficient (Wildman–Crippen LogP) is -0.953. The molecule has 3 aliphatic rings. The zero-order valence-electron chi connectivity index (χ0n) is 14.9. The monoisotopic (exact) mass is 352 g/mol. The maximum Gasteiger partial charge on any atom is 0.311 e. The lowest BCUT2D eigenvalue weighted by molar-refractivity contribution is -0.147. The molecule has 2 heterocycles. The summed E-state index contributed by atoms with van der Waals surface area (Å²) in [6, 6.07) is 0.191. The van der Waals surface area contributed by atoms with Gasteiger partial charge < -0.3 is 19.9 Å². The lowest BCUT2D eigenvalue weighted by Crippen LogP contribution is -2.55. The Morgan fingerprint density at radius 3 is 2.40 bits per heavy atom. The van der Waals surface area contributed by atoms with E-state index in [1.807, 2.05) is 4.90 Å². The van der Waals surface area contributed by atoms with Crippen LogP contribution < -0.4 is 5.32 Å². The minimum atomic E-state index is -0.494. The zero-order valence-corrected chi connectivity index (χ0v) is 14.9. The van der Waals surface area contributed by atoms with Crippen LogP contribution >= 0.6 is 0 Å². The average molecular weight is 352 g/mol. The van der Waals surface area contributed by atoms with Crippen LogP contribution in [-0.4, -0.2) is 97.0 Å². The van der Waals surface area contributed by atoms with E-state index >= 15 is 0 Å². The van der Waals surface area contributed by atoms with E-state index in [0.717, 1.165) is 19.3 Å². The van der Waals surface area contributed by atoms with Crippen molar-refractivity contribution in [2.75, 3.05) is 52.4 Å². The van der Waals surface area contributed by atoms with Crippen LogP contribution in [0.5, 0.6) is 0 Å². The summed E-state index contributed by atoms with van der Waals surface area (Å²) in [5, 5.41) is 2.73. The summed E-state index contributed by atoms with van der Waals surface area (Å²) >= 11 is 0. The van der Waals surface area contributed by atoms with E-state index in [1.165, 1.54) is 0 Å². The summed E-state index contributed by atoms with van der Waals surface area (Å²) in [4.78, 5) is 41.9. The van der Waals surface area contributed by atoms with Gasteiger partial charge in [0.05, 0.1) is 19.3 Å². The number of carbonyl (C=O) groups excluding carboxylic acids is 3. The Kier molecular flexibility index (Phi) is 5.90. The molecule has 1 aliphatic carbocycles. The Balaban J connectivity index is 1.40. The Morgan fingerprint density at radius 1 is 1.04 bits per heavy atom. The van der Waals surface area contributed by atoms with E-state index < -0.39 is 11.8 Å². The first-order valence-corrected chi connectivity index (χ1v) is 9.28. The molecule has 8 nitrogen and oxygen atoms in total. The van der Waals surface area contributed by atoms with E-state index in [4.69, 9.17) is 4.74 Å². The van der Waals surface area contributed by atoms with Crippen LogP contribution in [0.2, 0.25) is 0 Å². The number of nitrogens with one attached hydrogen (secondary N) is 1. The first-order chi connectivity index (χ1) is 12.1. The Bertz CT molecular complexity index is 515. The number of nitrogens with zero attached hydrogens (tertiary/aromatic N) is 3. The molecule has 2 aliphatic heterocycles. The zero-order chi connectivity index (χ0) is 17.8. The molecule has 0 radical (unpaired) electrons. The largest absolute Gasteiger partial charge is 0.375 e. The standard InChI is InChI=1S/C17H28N4O4/c1-2-14-11-21(9-10-25-14)15(22)12-19-5-7-20(8-6-19)17(24)16(23)18-13-3-4-13/h13-14H,2-12H2,1H3,(H,18,23). The molecule has 140 valence electrons. The molecule has 0 spiro atoms. The lowest BCUT2D eigenvalue weighted by atomic mass is 10.2. The van der Waals surface area contributed by atoms with Crippen LogP contribution in [0, 0.1) is 0 Å². The van der Waals surface area contributed by atoms with Gasteiger partial charge in [0.25, 0.3) is 0 Å². The SMILES string of the molecule is CCC1CN(C(=O)CN2CCN(C(=O)C(=O)NC3CC3)CC2)CCO1. The third-order valence-electron chi connectivity index (χ3n) is 5.07. The maximum absolute atomic E-state index is 12.5. The van der Waals surface area contributed by atoms with Gasteiger partial charge in [-0.1, -0.05) is 6.92 Å². The number of rotatable bonds is 4. The van der Waals surface area contributed by atoms with Crippen molar-refractivity contribution in [2.45, 2.75) is 38.3 Å². The number of amides is 3. The molecule has 3 amide bonds. The number of piperazine rings is 1. The van der Waals surface area contributed by atoms with Gasteiger partial charge in [0.1, 0.15) is 0 Å². The number of hydrogen-bond acceptors (Lipinski definition) is 5. The first-order valence-electron chi connectivity index (χ1n) is 9.28. The molecule has 1 saturated carbocycles. The highest BCUT2D eigenvalue weighted by atomic mass is 16.5. The van der Waals surface area contributed by atoms with Crippen molar-refractivity contribution in [3.05, 3.63) is 0 Å². The molecular formula is C17H28N4O4. The summed E-state index contributed by atoms with van der Waals surface area (Å²) < 4.78 is 5.60. The second kappa shape index (κ2) is 8.14. The van der Waals surface area contributed by atoms with Crippen LogP contribution in [0.4, 0.5) is 0 Å². The molecule has 0 aromatic heterocycles. The second-order valence-electron chi connectivity index (χ2n) is 7.06. The van der Waals surface area contributed by atoms with Crippen LogP contribution in [0.25, 0.3) is 0 Å². The van der Waals surface area contributed by atoms with Crippen molar-refractivity contribution in [2.24, 2.45) is 0 Å². The third-order valence-corrected chi connectivity index (χ3v) is 5.07. The number of hydrogen-bond donors (Lipinski definition) is 1. The van der Waals surface area contributed by atoms with Gasteiger partial charge in [-0.3, -0.25) is 19.3 Å². The maximum atomic E-state index is 12.5. The fourth-order valence-electron chi connectivity index (χ4n) is 3.21. The van der Waals surface area contributed by atoms with E-state index in [1.54, 1.807) is 4.90 Å². The molecular weight excluding hydrogens is 324 g/mol. The van der Waals surface area contributed by atoms with E-state index in [0.29, 0.717) is 52.4 Å². The average Bonchev–Trinajstić information content (AvgIpc) is 3.45. The van der Waals surface area contributed by atoms with Crippen molar-refractivity contribution in [1.29, 1.82) is 0 Å². The normalized spacial score (nSPS) is 24.9. The molecule has 0 aromatic rings. The fourth-order valence-corrected chi connectivity index (χ4v) is 3.21. The quantitative estimate of drug-likeness (QED) is 0.660. The van der Waals surface area contributed by atoms with Crippen LogP contribution in [-0.2, 0) is 19.1 Å². The van der Waals surface area contributed by atoms with Crippen molar-refractivity contribution >= 4 is 17.7 Å². The lowest BCUT2D eigenvalue weighted by Gasteiger charge is -2.37. The molecule has 0 bridgehead atoms. The summed E-state index contributed by atoms with van der Waals surface area (Å²) in [5.74, 6) is -0.823. The summed E-state index contributed by atoms with van der Waals surface area (Å²) in [6.07, 6.45) is 2.98. The molecule has 3 fully saturated rings. The first kappa shape index (κ1) is 18.1. The van der Waals surface area contributed by atoms with Gasteiger partial charge in [0.15, 0.2) is 0 Å². The van der Waals surface area contributed by atoms with E-state index in [9.17, 15) is 14.4 Å². The van der Waals surface area contributed by atoms with Crippen molar-refractivity contribution in [1.82, 2.24) is 20.0 Å². The molecule has 0 aromatic carbocycles. The van der Waals surface area contributed by atoms with Crippen molar-refractivity contribution < 1.29 is 19.1 Å². The topological polar surface area (TPSA) is 82.2 Å². The highest BCUT2D eigenvalue weighted by Gasteiger charge is 2.31. The van der Waals surface area contributed by atoms with Gasteiger partial charge in [-0.25, -0.2) is 0 Å². The van der Waals surface area contributed by atoms with Gasteiger partial charge >= 0.3 is 11.8 Å². The number of ether oxygens (including phenoxy) is 1. The summed E-state index contributed by atoms with van der Waals surface area (Å²) in [6.45, 7) is 6.56. The minimum Gasteiger partial charge on any atom is -0.375 e. The third kappa shape index (κ3) is 4.92. The Hall–Kier alpha value is -1.67. The molecule has 2 saturated heterocycles. The van der Waals surface area contributed by atoms with Crippen LogP contribution in [0.15, 0.2) is 0 Å². The fraction of sp³-hybridized carbons (Fsp3) is 0.824. The van der Waals surface area contributed by atoms with E-state index in [2.05, 4.69) is 17.1 Å². The number of morpholine rings is 1. The summed E-state index contributed by atoms with van der Waals surface area (Å²) in [7, 11) is 0. The molecule has 3 rings (SSSR count). The van der Waals surface area contributed by atoms with E-state index in [-0.39, 0.29) is 18.1 Å². The van der Waals surface area contributed by atoms with Gasteiger partial charge in [0, 0.05) is 45.3 Å². The molecule has 25 heavy (non-hydrogen) atoms. The van der Waals surface area contributed by atoms with Gasteiger partial charge in [-0.2, -0.15) is 0 Å². The second-order valence-corrected chi connectivity index (χ2v) is 7.06. The van der Waals surface area contributed by atoms with Crippen LogP contribution in [0.1, 0.15) is 26.2 Å². The summed E-state index contributed by atoms with van der Waals surface area (Å²) in [5.41, 5.74) is 0. The van der Waals surface area contributed by atoms with Crippen molar-refractivity contribution in [3.8, 4) is 0 Å². The minimum absolute atomic E-state index is 0.119. The highest BCUT2D eigenvalue weighted by molar-refractivity contribution is 6.35. The van der Waals surface area contributed by atoms with Crippen LogP contribution in [0.3, 0.4) is 0 Å². The highest BCUT2D eigenvalue weighted by Crippen LogP contribution is 2.18. The predicted molar refractivity (Wildman–Crippen MR) is 90.8 cm³/mol. The van der Waals surface area contributed by atoms with Crippen molar-refractivity contribution in [3.63, 3.8) is 0 Å². The molecule has 1 atom stereocenters. The molecule has 1 N–H and O–H groups in total. The molecule has 8 heteroatoms. The van der Waals surface area contributed by atoms with Gasteiger partial charge in [-0.05, 0) is 19.3 Å². The smallest absolute Gasteiger partial charge is 0.311 e. The molecule has 1 unspecified atom stereocenters. The Labute approximate surface area is 148 Å².